The predicted molar refractivity (Wildman–Crippen MR) is 65.5 cm³/mol. The van der Waals surface area contributed by atoms with Gasteiger partial charge in [-0.25, -0.2) is 0 Å². The second-order valence-electron chi connectivity index (χ2n) is 3.90. The third-order valence-electron chi connectivity index (χ3n) is 2.58. The van der Waals surface area contributed by atoms with E-state index >= 15 is 0 Å². The minimum Gasteiger partial charge on any atom is -0.388 e. The summed E-state index contributed by atoms with van der Waals surface area (Å²) in [7, 11) is 0. The Morgan fingerprint density at radius 3 is 2.47 bits per heavy atom. The lowest BCUT2D eigenvalue weighted by Crippen LogP contribution is -2.14. The number of hydrogen-bond acceptors (Lipinski definition) is 1. The summed E-state index contributed by atoms with van der Waals surface area (Å²) in [6.07, 6.45) is 3.29. The number of hydrogen-bond donors (Lipinski definition) is 1. The fourth-order valence-corrected chi connectivity index (χ4v) is 1.23. The fourth-order valence-electron chi connectivity index (χ4n) is 1.23. The van der Waals surface area contributed by atoms with E-state index < -0.39 is 6.10 Å². The molecule has 0 saturated heterocycles. The number of benzene rings is 1. The number of aliphatic hydroxyl groups is 1. The molecular weight excluding hydrogens is 184 g/mol. The van der Waals surface area contributed by atoms with E-state index in [9.17, 15) is 5.11 Å². The number of rotatable bonds is 4. The fraction of sp³-hybridized carbons (Fsp3) is 0.286. The van der Waals surface area contributed by atoms with Gasteiger partial charge in [-0.15, -0.1) is 0 Å². The smallest absolute Gasteiger partial charge is 0.0786 e. The van der Waals surface area contributed by atoms with Crippen molar-refractivity contribution in [1.82, 2.24) is 0 Å². The average Bonchev–Trinajstić information content (AvgIpc) is 2.26. The summed E-state index contributed by atoms with van der Waals surface area (Å²) in [6.45, 7) is 7.75. The maximum Gasteiger partial charge on any atom is 0.0786 e. The maximum absolute atomic E-state index is 9.80. The van der Waals surface area contributed by atoms with Gasteiger partial charge in [0.2, 0.25) is 0 Å². The Morgan fingerprint density at radius 2 is 1.93 bits per heavy atom. The van der Waals surface area contributed by atoms with Crippen LogP contribution in [0.4, 0.5) is 0 Å². The summed E-state index contributed by atoms with van der Waals surface area (Å²) in [5.74, 6) is 0.102. The van der Waals surface area contributed by atoms with Crippen molar-refractivity contribution in [3.8, 4) is 0 Å². The van der Waals surface area contributed by atoms with Crippen LogP contribution in [0.2, 0.25) is 0 Å². The highest BCUT2D eigenvalue weighted by Gasteiger charge is 2.10. The zero-order valence-corrected chi connectivity index (χ0v) is 9.35. The third-order valence-corrected chi connectivity index (χ3v) is 2.58. The molecule has 0 radical (unpaired) electrons. The van der Waals surface area contributed by atoms with E-state index in [1.165, 1.54) is 0 Å². The molecule has 1 nitrogen and oxygen atoms in total. The molecule has 1 heteroatoms. The van der Waals surface area contributed by atoms with Gasteiger partial charge in [0.1, 0.15) is 0 Å². The molecule has 0 amide bonds. The highest BCUT2D eigenvalue weighted by atomic mass is 16.3. The topological polar surface area (TPSA) is 20.2 Å². The van der Waals surface area contributed by atoms with Crippen molar-refractivity contribution in [2.75, 3.05) is 0 Å². The van der Waals surface area contributed by atoms with E-state index in [-0.39, 0.29) is 5.92 Å². The highest BCUT2D eigenvalue weighted by Crippen LogP contribution is 2.14. The van der Waals surface area contributed by atoms with E-state index in [4.69, 9.17) is 0 Å². The van der Waals surface area contributed by atoms with Gasteiger partial charge in [0.05, 0.1) is 6.10 Å². The van der Waals surface area contributed by atoms with Crippen LogP contribution in [0.1, 0.15) is 19.4 Å². The largest absolute Gasteiger partial charge is 0.388 e. The van der Waals surface area contributed by atoms with Crippen LogP contribution in [-0.2, 0) is 0 Å². The first-order valence-electron chi connectivity index (χ1n) is 5.18. The summed E-state index contributed by atoms with van der Waals surface area (Å²) in [6, 6.07) is 9.95. The molecule has 0 bridgehead atoms. The molecule has 0 fully saturated rings. The van der Waals surface area contributed by atoms with Gasteiger partial charge in [-0.3, -0.25) is 0 Å². The van der Waals surface area contributed by atoms with Crippen LogP contribution in [0.15, 0.2) is 48.6 Å². The van der Waals surface area contributed by atoms with Crippen LogP contribution in [0.3, 0.4) is 0 Å². The van der Waals surface area contributed by atoms with Crippen molar-refractivity contribution in [3.63, 3.8) is 0 Å². The molecule has 0 aromatic heterocycles. The molecule has 0 aliphatic heterocycles. The first kappa shape index (κ1) is 11.7. The second-order valence-corrected chi connectivity index (χ2v) is 3.90. The quantitative estimate of drug-likeness (QED) is 0.743. The van der Waals surface area contributed by atoms with Gasteiger partial charge >= 0.3 is 0 Å². The van der Waals surface area contributed by atoms with Gasteiger partial charge in [0.15, 0.2) is 0 Å². The van der Waals surface area contributed by atoms with Crippen LogP contribution in [0.25, 0.3) is 6.08 Å². The van der Waals surface area contributed by atoms with Gasteiger partial charge < -0.3 is 5.11 Å². The molecule has 0 aliphatic carbocycles. The summed E-state index contributed by atoms with van der Waals surface area (Å²) in [5, 5.41) is 9.80. The molecular formula is C14H18O. The minimum atomic E-state index is -0.456. The molecule has 0 spiro atoms. The van der Waals surface area contributed by atoms with Gasteiger partial charge in [-0.1, -0.05) is 61.6 Å². The van der Waals surface area contributed by atoms with Crippen molar-refractivity contribution in [2.24, 2.45) is 5.92 Å². The standard InChI is InChI=1S/C14H18O/c1-11(2)12(3)14(15)10-9-13-7-5-4-6-8-13/h4-10,12,14-15H,1H2,2-3H3/b10-9+/t12-,14+/m0/s1. The number of aliphatic hydroxyl groups excluding tert-OH is 1. The Balaban J connectivity index is 2.62. The molecule has 1 aromatic carbocycles. The molecule has 0 heterocycles. The van der Waals surface area contributed by atoms with Crippen LogP contribution >= 0.6 is 0 Å². The van der Waals surface area contributed by atoms with Crippen LogP contribution in [-0.4, -0.2) is 11.2 Å². The zero-order valence-electron chi connectivity index (χ0n) is 9.35. The van der Waals surface area contributed by atoms with Crippen molar-refractivity contribution in [2.45, 2.75) is 20.0 Å². The zero-order chi connectivity index (χ0) is 11.3. The summed E-state index contributed by atoms with van der Waals surface area (Å²) in [5.41, 5.74) is 2.10. The predicted octanol–water partition coefficient (Wildman–Crippen LogP) is 3.27. The van der Waals surface area contributed by atoms with E-state index in [1.807, 2.05) is 56.3 Å². The lowest BCUT2D eigenvalue weighted by Gasteiger charge is -2.14. The SMILES string of the molecule is C=C(C)[C@H](C)[C@H](O)/C=C/c1ccccc1. The summed E-state index contributed by atoms with van der Waals surface area (Å²) in [4.78, 5) is 0. The Bertz CT molecular complexity index is 338. The molecule has 2 atom stereocenters. The lowest BCUT2D eigenvalue weighted by atomic mass is 9.97. The molecule has 1 N–H and O–H groups in total. The Labute approximate surface area is 91.8 Å². The van der Waals surface area contributed by atoms with Crippen LogP contribution in [0.5, 0.6) is 0 Å². The average molecular weight is 202 g/mol. The van der Waals surface area contributed by atoms with Gasteiger partial charge in [-0.05, 0) is 12.5 Å². The van der Waals surface area contributed by atoms with Gasteiger partial charge in [0.25, 0.3) is 0 Å². The molecule has 1 rings (SSSR count). The maximum atomic E-state index is 9.80. The van der Waals surface area contributed by atoms with E-state index in [0.717, 1.165) is 11.1 Å². The summed E-state index contributed by atoms with van der Waals surface area (Å²) < 4.78 is 0. The molecule has 0 unspecified atom stereocenters. The van der Waals surface area contributed by atoms with Crippen LogP contribution < -0.4 is 0 Å². The third kappa shape index (κ3) is 3.72. The van der Waals surface area contributed by atoms with E-state index in [2.05, 4.69) is 6.58 Å². The normalized spacial score (nSPS) is 15.1. The second kappa shape index (κ2) is 5.52. The first-order valence-corrected chi connectivity index (χ1v) is 5.18. The lowest BCUT2D eigenvalue weighted by molar-refractivity contribution is 0.181. The Hall–Kier alpha value is -1.34. The molecule has 1 aromatic rings. The van der Waals surface area contributed by atoms with E-state index in [0.29, 0.717) is 0 Å². The Morgan fingerprint density at radius 1 is 1.33 bits per heavy atom. The Kier molecular flexibility index (Phi) is 4.32. The van der Waals surface area contributed by atoms with Crippen molar-refractivity contribution < 1.29 is 5.11 Å². The molecule has 0 aliphatic rings. The first-order chi connectivity index (χ1) is 7.11. The van der Waals surface area contributed by atoms with Crippen molar-refractivity contribution in [1.29, 1.82) is 0 Å². The summed E-state index contributed by atoms with van der Waals surface area (Å²) >= 11 is 0. The molecule has 0 saturated carbocycles. The van der Waals surface area contributed by atoms with Gasteiger partial charge in [0, 0.05) is 5.92 Å². The molecule has 15 heavy (non-hydrogen) atoms. The van der Waals surface area contributed by atoms with Crippen LogP contribution in [0, 0.1) is 5.92 Å². The van der Waals surface area contributed by atoms with Gasteiger partial charge in [-0.2, -0.15) is 0 Å². The molecule has 80 valence electrons. The highest BCUT2D eigenvalue weighted by molar-refractivity contribution is 5.49. The van der Waals surface area contributed by atoms with Crippen molar-refractivity contribution >= 4 is 6.08 Å². The monoisotopic (exact) mass is 202 g/mol. The van der Waals surface area contributed by atoms with Crippen molar-refractivity contribution in [3.05, 3.63) is 54.1 Å². The minimum absolute atomic E-state index is 0.102. The van der Waals surface area contributed by atoms with E-state index in [1.54, 1.807) is 0 Å².